The van der Waals surface area contributed by atoms with Crippen LogP contribution in [0.1, 0.15) is 52.5 Å². The highest BCUT2D eigenvalue weighted by atomic mass is 32.2. The lowest BCUT2D eigenvalue weighted by molar-refractivity contribution is -0.116. The molecule has 0 bridgehead atoms. The molecule has 0 heterocycles. The minimum atomic E-state index is -3.69. The van der Waals surface area contributed by atoms with E-state index in [9.17, 15) is 18.3 Å². The molecule has 1 aromatic rings. The van der Waals surface area contributed by atoms with E-state index in [1.165, 1.54) is 0 Å². The molecule has 0 spiro atoms. The fourth-order valence-corrected chi connectivity index (χ4v) is 6.01. The molecular formula is C22H30O4S. The predicted molar refractivity (Wildman–Crippen MR) is 108 cm³/mol. The van der Waals surface area contributed by atoms with Gasteiger partial charge in [-0.15, -0.1) is 0 Å². The SMILES string of the molecule is CC1=C(C(C/C(C)=C/CO)S(=O)(=O)c2ccc(C)cc2)C(C)(C)CCC1=O. The first-order valence-electron chi connectivity index (χ1n) is 9.32. The Labute approximate surface area is 162 Å². The van der Waals surface area contributed by atoms with Gasteiger partial charge in [0.25, 0.3) is 0 Å². The maximum absolute atomic E-state index is 13.6. The monoisotopic (exact) mass is 390 g/mol. The molecular weight excluding hydrogens is 360 g/mol. The summed E-state index contributed by atoms with van der Waals surface area (Å²) in [6.45, 7) is 9.38. The number of carbonyl (C=O) groups is 1. The Morgan fingerprint density at radius 3 is 2.37 bits per heavy atom. The first-order chi connectivity index (χ1) is 12.5. The quantitative estimate of drug-likeness (QED) is 0.740. The summed E-state index contributed by atoms with van der Waals surface area (Å²) in [7, 11) is -3.69. The molecule has 148 valence electrons. The average molecular weight is 391 g/mol. The van der Waals surface area contributed by atoms with Crippen LogP contribution in [0.2, 0.25) is 0 Å². The predicted octanol–water partition coefficient (Wildman–Crippen LogP) is 4.17. The third-order valence-electron chi connectivity index (χ3n) is 5.52. The third kappa shape index (κ3) is 4.58. The van der Waals surface area contributed by atoms with Gasteiger partial charge in [-0.3, -0.25) is 4.79 Å². The molecule has 27 heavy (non-hydrogen) atoms. The summed E-state index contributed by atoms with van der Waals surface area (Å²) in [6, 6.07) is 6.85. The highest BCUT2D eigenvalue weighted by molar-refractivity contribution is 7.92. The fourth-order valence-electron chi connectivity index (χ4n) is 3.87. The molecule has 0 aliphatic heterocycles. The van der Waals surface area contributed by atoms with Crippen molar-refractivity contribution in [3.8, 4) is 0 Å². The Bertz CT molecular complexity index is 871. The maximum atomic E-state index is 13.6. The standard InChI is InChI=1S/C22H30O4S/c1-15-6-8-18(9-7-15)27(25,26)20(14-16(2)11-13-23)21-17(3)19(24)10-12-22(21,4)5/h6-9,11,20,23H,10,12-14H2,1-5H3/b16-11+. The molecule has 1 aromatic carbocycles. The molecule has 5 heteroatoms. The number of hydrogen-bond donors (Lipinski definition) is 1. The van der Waals surface area contributed by atoms with Crippen LogP contribution in [0.15, 0.2) is 52.0 Å². The number of allylic oxidation sites excluding steroid dienone is 2. The third-order valence-corrected chi connectivity index (χ3v) is 7.60. The van der Waals surface area contributed by atoms with Crippen LogP contribution in [0.5, 0.6) is 0 Å². The summed E-state index contributed by atoms with van der Waals surface area (Å²) in [5.74, 6) is 0.0252. The van der Waals surface area contributed by atoms with Crippen LogP contribution in [0.25, 0.3) is 0 Å². The smallest absolute Gasteiger partial charge is 0.185 e. The lowest BCUT2D eigenvalue weighted by Crippen LogP contribution is -2.37. The van der Waals surface area contributed by atoms with Crippen LogP contribution >= 0.6 is 0 Å². The molecule has 2 rings (SSSR count). The highest BCUT2D eigenvalue weighted by Crippen LogP contribution is 2.45. The second-order valence-corrected chi connectivity index (χ2v) is 10.3. The number of aliphatic hydroxyl groups is 1. The van der Waals surface area contributed by atoms with Crippen molar-refractivity contribution in [3.63, 3.8) is 0 Å². The Balaban J connectivity index is 2.68. The zero-order chi connectivity index (χ0) is 20.4. The van der Waals surface area contributed by atoms with Gasteiger partial charge in [0.05, 0.1) is 16.8 Å². The van der Waals surface area contributed by atoms with E-state index in [2.05, 4.69) is 0 Å². The summed E-state index contributed by atoms with van der Waals surface area (Å²) in [5.41, 5.74) is 2.70. The van der Waals surface area contributed by atoms with Crippen LogP contribution in [0.4, 0.5) is 0 Å². The van der Waals surface area contributed by atoms with E-state index in [-0.39, 0.29) is 29.1 Å². The van der Waals surface area contributed by atoms with Crippen molar-refractivity contribution >= 4 is 15.6 Å². The summed E-state index contributed by atoms with van der Waals surface area (Å²) < 4.78 is 27.2. The Morgan fingerprint density at radius 2 is 1.81 bits per heavy atom. The van der Waals surface area contributed by atoms with Gasteiger partial charge in [-0.2, -0.15) is 0 Å². The maximum Gasteiger partial charge on any atom is 0.185 e. The van der Waals surface area contributed by atoms with Crippen LogP contribution in [0.3, 0.4) is 0 Å². The van der Waals surface area contributed by atoms with Gasteiger partial charge in [-0.1, -0.05) is 43.2 Å². The first kappa shape index (κ1) is 21.6. The zero-order valence-electron chi connectivity index (χ0n) is 16.9. The number of carbonyl (C=O) groups excluding carboxylic acids is 1. The molecule has 0 saturated carbocycles. The minimum absolute atomic E-state index is 0.0252. The topological polar surface area (TPSA) is 71.4 Å². The number of benzene rings is 1. The first-order valence-corrected chi connectivity index (χ1v) is 10.9. The minimum Gasteiger partial charge on any atom is -0.392 e. The van der Waals surface area contributed by atoms with Crippen molar-refractivity contribution in [1.29, 1.82) is 0 Å². The second kappa shape index (κ2) is 8.11. The Hall–Kier alpha value is -1.72. The Kier molecular flexibility index (Phi) is 6.48. The zero-order valence-corrected chi connectivity index (χ0v) is 17.7. The highest BCUT2D eigenvalue weighted by Gasteiger charge is 2.42. The fraction of sp³-hybridized carbons (Fsp3) is 0.500. The van der Waals surface area contributed by atoms with Crippen LogP contribution < -0.4 is 0 Å². The summed E-state index contributed by atoms with van der Waals surface area (Å²) in [4.78, 5) is 12.7. The summed E-state index contributed by atoms with van der Waals surface area (Å²) in [5, 5.41) is 8.40. The molecule has 0 aromatic heterocycles. The normalized spacial score (nSPS) is 19.3. The van der Waals surface area contributed by atoms with Gasteiger partial charge < -0.3 is 5.11 Å². The largest absolute Gasteiger partial charge is 0.392 e. The van der Waals surface area contributed by atoms with E-state index in [1.54, 1.807) is 37.3 Å². The molecule has 4 nitrogen and oxygen atoms in total. The van der Waals surface area contributed by atoms with Crippen molar-refractivity contribution in [2.75, 3.05) is 6.61 Å². The van der Waals surface area contributed by atoms with Crippen LogP contribution in [0, 0.1) is 12.3 Å². The van der Waals surface area contributed by atoms with Crippen LogP contribution in [-0.2, 0) is 14.6 Å². The lowest BCUT2D eigenvalue weighted by atomic mass is 9.70. The number of Topliss-reactive ketones (excluding diaryl/α,β-unsaturated/α-hetero) is 1. The van der Waals surface area contributed by atoms with Gasteiger partial charge in [0.15, 0.2) is 15.6 Å². The number of hydrogen-bond acceptors (Lipinski definition) is 4. The van der Waals surface area contributed by atoms with E-state index in [4.69, 9.17) is 0 Å². The molecule has 1 aliphatic rings. The van der Waals surface area contributed by atoms with Gasteiger partial charge in [-0.25, -0.2) is 8.42 Å². The van der Waals surface area contributed by atoms with Crippen molar-refractivity contribution in [2.24, 2.45) is 5.41 Å². The molecule has 0 fully saturated rings. The van der Waals surface area contributed by atoms with Gasteiger partial charge in [-0.05, 0) is 62.3 Å². The number of aryl methyl sites for hydroxylation is 1. The van der Waals surface area contributed by atoms with Crippen LogP contribution in [-0.4, -0.2) is 31.2 Å². The van der Waals surface area contributed by atoms with Gasteiger partial charge >= 0.3 is 0 Å². The van der Waals surface area contributed by atoms with Gasteiger partial charge in [0.2, 0.25) is 0 Å². The van der Waals surface area contributed by atoms with E-state index >= 15 is 0 Å². The Morgan fingerprint density at radius 1 is 1.22 bits per heavy atom. The molecule has 1 atom stereocenters. The molecule has 0 radical (unpaired) electrons. The van der Waals surface area contributed by atoms with E-state index < -0.39 is 15.1 Å². The average Bonchev–Trinajstić information content (AvgIpc) is 2.58. The van der Waals surface area contributed by atoms with Crippen molar-refractivity contribution in [3.05, 3.63) is 52.6 Å². The van der Waals surface area contributed by atoms with E-state index in [0.29, 0.717) is 24.0 Å². The molecule has 1 aliphatic carbocycles. The molecule has 0 saturated heterocycles. The van der Waals surface area contributed by atoms with Gasteiger partial charge in [0.1, 0.15) is 0 Å². The summed E-state index contributed by atoms with van der Waals surface area (Å²) in [6.07, 6.45) is 2.98. The number of sulfone groups is 1. The van der Waals surface area contributed by atoms with Crippen molar-refractivity contribution in [1.82, 2.24) is 0 Å². The van der Waals surface area contributed by atoms with E-state index in [1.807, 2.05) is 27.7 Å². The number of aliphatic hydroxyl groups excluding tert-OH is 1. The number of rotatable bonds is 6. The van der Waals surface area contributed by atoms with Crippen molar-refractivity contribution in [2.45, 2.75) is 64.0 Å². The van der Waals surface area contributed by atoms with E-state index in [0.717, 1.165) is 11.1 Å². The van der Waals surface area contributed by atoms with Crippen molar-refractivity contribution < 1.29 is 18.3 Å². The number of ketones is 1. The molecule has 0 amide bonds. The molecule has 1 unspecified atom stereocenters. The van der Waals surface area contributed by atoms with Gasteiger partial charge in [0, 0.05) is 6.42 Å². The summed E-state index contributed by atoms with van der Waals surface area (Å²) >= 11 is 0. The second-order valence-electron chi connectivity index (χ2n) is 8.13. The lowest BCUT2D eigenvalue weighted by Gasteiger charge is -2.38. The molecule has 1 N–H and O–H groups in total.